The minimum absolute atomic E-state index is 0.0161. The van der Waals surface area contributed by atoms with E-state index in [0.29, 0.717) is 34.9 Å². The standard InChI is InChI=1S/C45H37N3.C33H29N3/c1-44(2)38-27-14-13-25-37(38)40-35(26-16-28-39(40)45(44,3)4)33-22-15-21-32(29-33)34-23-11-12-24-36(34)43-47-41(30-17-7-5-8-18-30)46-42(48-43)31-19-9-6-10-20-31;1-32(2)27-21-12-11-18-24(27)25-19-13-20-26(28(25)33(32,3)4)31-35-29(22-14-7-5-8-15-22)34-30(36-31)23-16-9-6-10-17-23/h5-29H,1-4H3;5-21H,1-4H3. The molecule has 14 rings (SSSR count). The Morgan fingerprint density at radius 3 is 1.01 bits per heavy atom. The predicted molar refractivity (Wildman–Crippen MR) is 346 cm³/mol. The maximum atomic E-state index is 5.06. The zero-order valence-corrected chi connectivity index (χ0v) is 48.9. The van der Waals surface area contributed by atoms with Gasteiger partial charge in [0.1, 0.15) is 0 Å². The highest BCUT2D eigenvalue weighted by Gasteiger charge is 2.48. The first kappa shape index (κ1) is 53.5. The summed E-state index contributed by atoms with van der Waals surface area (Å²) in [6.07, 6.45) is 0. The van der Waals surface area contributed by atoms with Crippen LogP contribution in [0, 0.1) is 0 Å². The second-order valence-corrected chi connectivity index (χ2v) is 24.3. The van der Waals surface area contributed by atoms with Crippen molar-refractivity contribution in [1.29, 1.82) is 0 Å². The third-order valence-electron chi connectivity index (χ3n) is 18.6. The van der Waals surface area contributed by atoms with Crippen molar-refractivity contribution in [3.8, 4) is 113 Å². The molecule has 0 saturated heterocycles. The third-order valence-corrected chi connectivity index (χ3v) is 18.6. The van der Waals surface area contributed by atoms with E-state index in [-0.39, 0.29) is 21.7 Å². The average Bonchev–Trinajstić information content (AvgIpc) is 0.837. The molecule has 0 bridgehead atoms. The number of benzene rings is 10. The molecule has 0 radical (unpaired) electrons. The minimum Gasteiger partial charge on any atom is -0.208 e. The molecule has 0 atom stereocenters. The summed E-state index contributed by atoms with van der Waals surface area (Å²) in [6.45, 7) is 18.9. The Morgan fingerprint density at radius 1 is 0.202 bits per heavy atom. The van der Waals surface area contributed by atoms with Crippen LogP contribution in [0.3, 0.4) is 0 Å². The molecular weight excluding hydrogens is 1020 g/mol. The monoisotopic (exact) mass is 1090 g/mol. The molecule has 2 aliphatic carbocycles. The first-order valence-electron chi connectivity index (χ1n) is 29.1. The van der Waals surface area contributed by atoms with E-state index in [4.69, 9.17) is 29.9 Å². The van der Waals surface area contributed by atoms with Crippen molar-refractivity contribution in [1.82, 2.24) is 29.9 Å². The van der Waals surface area contributed by atoms with Gasteiger partial charge in [0, 0.05) is 38.8 Å². The molecular formula is C78H66N6. The number of rotatable bonds is 8. The Kier molecular flexibility index (Phi) is 13.5. The normalized spacial score (nSPS) is 14.6. The summed E-state index contributed by atoms with van der Waals surface area (Å²) in [4.78, 5) is 30.0. The highest BCUT2D eigenvalue weighted by Crippen LogP contribution is 2.57. The van der Waals surface area contributed by atoms with Crippen LogP contribution >= 0.6 is 0 Å². The fourth-order valence-corrected chi connectivity index (χ4v) is 12.7. The van der Waals surface area contributed by atoms with Crippen LogP contribution in [0.1, 0.15) is 77.6 Å². The van der Waals surface area contributed by atoms with Gasteiger partial charge in [-0.25, -0.2) is 29.9 Å². The van der Waals surface area contributed by atoms with E-state index in [2.05, 4.69) is 213 Å². The van der Waals surface area contributed by atoms with Gasteiger partial charge in [-0.2, -0.15) is 0 Å². The van der Waals surface area contributed by atoms with E-state index in [1.807, 2.05) is 97.1 Å². The fraction of sp³-hybridized carbons (Fsp3) is 0.154. The van der Waals surface area contributed by atoms with Crippen molar-refractivity contribution in [3.05, 3.63) is 277 Å². The number of hydrogen-bond acceptors (Lipinski definition) is 6. The molecule has 0 fully saturated rings. The molecule has 0 unspecified atom stereocenters. The highest BCUT2D eigenvalue weighted by molar-refractivity contribution is 5.93. The SMILES string of the molecule is CC1(C)c2ccccc2-c2c(-c3cccc(-c4ccccc4-c4nc(-c5ccccc5)nc(-c5ccccc5)n4)c3)cccc2C1(C)C.CC1(C)c2ccccc2-c2cccc(-c3nc(-c4ccccc4)nc(-c4ccccc4)n3)c2C1(C)C. The molecule has 408 valence electrons. The van der Waals surface area contributed by atoms with E-state index in [0.717, 1.165) is 44.5 Å². The zero-order valence-electron chi connectivity index (χ0n) is 48.9. The summed E-state index contributed by atoms with van der Waals surface area (Å²) in [6, 6.07) is 89.1. The van der Waals surface area contributed by atoms with Gasteiger partial charge in [-0.1, -0.05) is 304 Å². The molecule has 10 aromatic carbocycles. The van der Waals surface area contributed by atoms with Gasteiger partial charge in [-0.15, -0.1) is 0 Å². The molecule has 2 aliphatic rings. The molecule has 2 heterocycles. The molecule has 6 heteroatoms. The Bertz CT molecular complexity index is 4300. The van der Waals surface area contributed by atoms with Gasteiger partial charge in [-0.3, -0.25) is 0 Å². The number of aromatic nitrogens is 6. The van der Waals surface area contributed by atoms with Gasteiger partial charge in [-0.05, 0) is 89.1 Å². The maximum Gasteiger partial charge on any atom is 0.164 e. The van der Waals surface area contributed by atoms with Crippen LogP contribution in [0.5, 0.6) is 0 Å². The maximum absolute atomic E-state index is 5.06. The lowest BCUT2D eigenvalue weighted by Crippen LogP contribution is -2.44. The second kappa shape index (κ2) is 21.2. The largest absolute Gasteiger partial charge is 0.208 e. The minimum atomic E-state index is -0.153. The lowest BCUT2D eigenvalue weighted by molar-refractivity contribution is 0.299. The average molecular weight is 1090 g/mol. The highest BCUT2D eigenvalue weighted by atomic mass is 15.0. The summed E-state index contributed by atoms with van der Waals surface area (Å²) in [5, 5.41) is 0. The van der Waals surface area contributed by atoms with Gasteiger partial charge in [0.05, 0.1) is 0 Å². The van der Waals surface area contributed by atoms with Crippen LogP contribution in [0.4, 0.5) is 0 Å². The van der Waals surface area contributed by atoms with Gasteiger partial charge in [0.15, 0.2) is 34.9 Å². The number of nitrogens with zero attached hydrogens (tertiary/aromatic N) is 6. The van der Waals surface area contributed by atoms with E-state index >= 15 is 0 Å². The van der Waals surface area contributed by atoms with Crippen molar-refractivity contribution in [3.63, 3.8) is 0 Å². The lowest BCUT2D eigenvalue weighted by Gasteiger charge is -2.49. The molecule has 0 amide bonds. The zero-order chi connectivity index (χ0) is 57.8. The lowest BCUT2D eigenvalue weighted by atomic mass is 9.54. The second-order valence-electron chi connectivity index (χ2n) is 24.3. The smallest absolute Gasteiger partial charge is 0.164 e. The Labute approximate surface area is 494 Å². The Balaban J connectivity index is 0.000000163. The number of fused-ring (bicyclic) bond motifs is 6. The molecule has 12 aromatic rings. The third kappa shape index (κ3) is 9.23. The topological polar surface area (TPSA) is 77.3 Å². The molecule has 0 aliphatic heterocycles. The van der Waals surface area contributed by atoms with Crippen LogP contribution in [-0.4, -0.2) is 29.9 Å². The Hall–Kier alpha value is -9.78. The molecule has 0 spiro atoms. The summed E-state index contributed by atoms with van der Waals surface area (Å²) in [5.41, 5.74) is 20.9. The Morgan fingerprint density at radius 2 is 0.500 bits per heavy atom. The van der Waals surface area contributed by atoms with E-state index in [1.54, 1.807) is 0 Å². The van der Waals surface area contributed by atoms with Gasteiger partial charge in [0.25, 0.3) is 0 Å². The van der Waals surface area contributed by atoms with Crippen molar-refractivity contribution in [2.75, 3.05) is 0 Å². The van der Waals surface area contributed by atoms with Crippen molar-refractivity contribution >= 4 is 0 Å². The van der Waals surface area contributed by atoms with Crippen LogP contribution < -0.4 is 0 Å². The summed E-state index contributed by atoms with van der Waals surface area (Å²) < 4.78 is 0. The van der Waals surface area contributed by atoms with E-state index in [9.17, 15) is 0 Å². The molecule has 0 saturated carbocycles. The van der Waals surface area contributed by atoms with Crippen LogP contribution in [0.25, 0.3) is 113 Å². The summed E-state index contributed by atoms with van der Waals surface area (Å²) >= 11 is 0. The number of hydrogen-bond donors (Lipinski definition) is 0. The van der Waals surface area contributed by atoms with Gasteiger partial charge >= 0.3 is 0 Å². The van der Waals surface area contributed by atoms with Crippen molar-refractivity contribution < 1.29 is 0 Å². The van der Waals surface area contributed by atoms with Gasteiger partial charge in [0.2, 0.25) is 0 Å². The van der Waals surface area contributed by atoms with Crippen LogP contribution in [0.2, 0.25) is 0 Å². The van der Waals surface area contributed by atoms with Crippen LogP contribution in [-0.2, 0) is 21.7 Å². The van der Waals surface area contributed by atoms with E-state index < -0.39 is 0 Å². The summed E-state index contributed by atoms with van der Waals surface area (Å²) in [7, 11) is 0. The molecule has 84 heavy (non-hydrogen) atoms. The predicted octanol–water partition coefficient (Wildman–Crippen LogP) is 19.6. The van der Waals surface area contributed by atoms with Crippen LogP contribution in [0.15, 0.2) is 255 Å². The quantitative estimate of drug-likeness (QED) is 0.151. The van der Waals surface area contributed by atoms with Crippen molar-refractivity contribution in [2.45, 2.75) is 77.0 Å². The molecule has 2 aromatic heterocycles. The van der Waals surface area contributed by atoms with E-state index in [1.165, 1.54) is 55.6 Å². The van der Waals surface area contributed by atoms with Gasteiger partial charge < -0.3 is 0 Å². The first-order valence-corrected chi connectivity index (χ1v) is 29.1. The summed E-state index contributed by atoms with van der Waals surface area (Å²) in [5.74, 6) is 4.04. The van der Waals surface area contributed by atoms with Crippen molar-refractivity contribution in [2.24, 2.45) is 0 Å². The molecule has 6 nitrogen and oxygen atoms in total. The first-order chi connectivity index (χ1) is 40.7. The fourth-order valence-electron chi connectivity index (χ4n) is 12.7. The molecule has 0 N–H and O–H groups in total.